The number of carbonyl (C=O) groups excluding carboxylic acids is 2. The van der Waals surface area contributed by atoms with Gasteiger partial charge in [-0.1, -0.05) is 11.6 Å². The monoisotopic (exact) mass is 641 g/mol. The maximum atomic E-state index is 14.0. The first-order chi connectivity index (χ1) is 19.2. The topological polar surface area (TPSA) is 168 Å². The van der Waals surface area contributed by atoms with Crippen molar-refractivity contribution in [1.29, 1.82) is 5.26 Å². The lowest BCUT2D eigenvalue weighted by Gasteiger charge is -2.34. The van der Waals surface area contributed by atoms with Crippen LogP contribution < -0.4 is 10.5 Å². The fourth-order valence-electron chi connectivity index (χ4n) is 6.12. The van der Waals surface area contributed by atoms with Crippen LogP contribution in [0, 0.1) is 34.0 Å². The van der Waals surface area contributed by atoms with Crippen molar-refractivity contribution in [3.8, 4) is 11.8 Å². The van der Waals surface area contributed by atoms with Gasteiger partial charge in [0.1, 0.15) is 11.2 Å². The SMILES string of the molecule is C[C@H](Oc1ccc(S(=O)(=O)[C@@H]2C[C@@H](C(=O)N3CCC(F)(F)C3)[C@](C(=O)O)(C3CC3(C#N)C(N)=O)C2)c(Cl)c1)C(F)(F)F. The van der Waals surface area contributed by atoms with Crippen molar-refractivity contribution in [2.75, 3.05) is 13.1 Å². The number of hydrogen-bond acceptors (Lipinski definition) is 7. The van der Waals surface area contributed by atoms with Crippen LogP contribution in [-0.2, 0) is 24.2 Å². The Labute approximate surface area is 241 Å². The molecule has 4 rings (SSSR count). The third-order valence-corrected chi connectivity index (χ3v) is 11.1. The van der Waals surface area contributed by atoms with Crippen LogP contribution in [0.2, 0.25) is 5.02 Å². The summed E-state index contributed by atoms with van der Waals surface area (Å²) in [6.07, 6.45) is -9.53. The second kappa shape index (κ2) is 10.2. The Morgan fingerprint density at radius 2 is 1.90 bits per heavy atom. The number of ether oxygens (including phenoxy) is 1. The molecule has 3 N–H and O–H groups in total. The minimum atomic E-state index is -4.73. The fourth-order valence-corrected chi connectivity index (χ4v) is 8.50. The molecule has 1 aromatic carbocycles. The molecule has 3 aliphatic rings. The van der Waals surface area contributed by atoms with Gasteiger partial charge in [-0.25, -0.2) is 17.2 Å². The predicted molar refractivity (Wildman–Crippen MR) is 133 cm³/mol. The molecular formula is C25H25ClF5N3O7S. The first-order valence-electron chi connectivity index (χ1n) is 12.6. The van der Waals surface area contributed by atoms with Crippen molar-refractivity contribution in [3.05, 3.63) is 23.2 Å². The number of halogens is 6. The van der Waals surface area contributed by atoms with E-state index < -0.39 is 122 Å². The lowest BCUT2D eigenvalue weighted by molar-refractivity contribution is -0.189. The summed E-state index contributed by atoms with van der Waals surface area (Å²) < 4.78 is 98.8. The number of primary amides is 1. The first kappa shape index (κ1) is 31.7. The van der Waals surface area contributed by atoms with E-state index in [1.165, 1.54) is 0 Å². The van der Waals surface area contributed by atoms with Gasteiger partial charge in [-0.3, -0.25) is 14.4 Å². The fraction of sp³-hybridized carbons (Fsp3) is 0.600. The minimum Gasteiger partial charge on any atom is -0.481 e. The zero-order valence-corrected chi connectivity index (χ0v) is 23.4. The number of likely N-dealkylation sites (tertiary alicyclic amines) is 1. The van der Waals surface area contributed by atoms with E-state index in [0.29, 0.717) is 0 Å². The van der Waals surface area contributed by atoms with Crippen LogP contribution in [0.4, 0.5) is 22.0 Å². The van der Waals surface area contributed by atoms with E-state index in [4.69, 9.17) is 22.1 Å². The Morgan fingerprint density at radius 1 is 1.26 bits per heavy atom. The minimum absolute atomic E-state index is 0.387. The van der Waals surface area contributed by atoms with Crippen LogP contribution in [0.15, 0.2) is 23.1 Å². The highest BCUT2D eigenvalue weighted by molar-refractivity contribution is 7.92. The van der Waals surface area contributed by atoms with Gasteiger partial charge < -0.3 is 20.5 Å². The smallest absolute Gasteiger partial charge is 0.425 e. The van der Waals surface area contributed by atoms with Crippen molar-refractivity contribution < 1.29 is 54.6 Å². The normalized spacial score (nSPS) is 31.3. The summed E-state index contributed by atoms with van der Waals surface area (Å²) in [5.74, 6) is -10.7. The molecule has 10 nitrogen and oxygen atoms in total. The summed E-state index contributed by atoms with van der Waals surface area (Å²) in [5.41, 5.74) is 1.02. The maximum Gasteiger partial charge on any atom is 0.425 e. The number of carboxylic acid groups (broad SMARTS) is 1. The molecule has 0 aromatic heterocycles. The second-order valence-corrected chi connectivity index (χ2v) is 13.6. The van der Waals surface area contributed by atoms with Gasteiger partial charge in [-0.2, -0.15) is 18.4 Å². The first-order valence-corrected chi connectivity index (χ1v) is 14.5. The summed E-state index contributed by atoms with van der Waals surface area (Å²) in [6.45, 7) is -0.729. The van der Waals surface area contributed by atoms with Gasteiger partial charge in [0.2, 0.25) is 11.8 Å². The summed E-state index contributed by atoms with van der Waals surface area (Å²) in [4.78, 5) is 38.8. The molecule has 17 heteroatoms. The van der Waals surface area contributed by atoms with E-state index in [9.17, 15) is 55.1 Å². The van der Waals surface area contributed by atoms with E-state index in [1.54, 1.807) is 6.07 Å². The van der Waals surface area contributed by atoms with E-state index >= 15 is 0 Å². The average Bonchev–Trinajstić information content (AvgIpc) is 3.32. The highest BCUT2D eigenvalue weighted by Gasteiger charge is 2.76. The molecule has 0 bridgehead atoms. The Hall–Kier alpha value is -3.19. The third kappa shape index (κ3) is 5.14. The molecule has 3 fully saturated rings. The van der Waals surface area contributed by atoms with Gasteiger partial charge in [0.15, 0.2) is 15.9 Å². The van der Waals surface area contributed by atoms with E-state index in [1.807, 2.05) is 0 Å². The lowest BCUT2D eigenvalue weighted by Crippen LogP contribution is -2.48. The van der Waals surface area contributed by atoms with Gasteiger partial charge in [0, 0.05) is 24.9 Å². The number of nitrogens with zero attached hydrogens (tertiary/aromatic N) is 2. The van der Waals surface area contributed by atoms with E-state index in [2.05, 4.69) is 0 Å². The van der Waals surface area contributed by atoms with Crippen LogP contribution in [0.5, 0.6) is 5.75 Å². The summed E-state index contributed by atoms with van der Waals surface area (Å²) in [5, 5.41) is 17.9. The standard InChI is InChI=1S/C25H25ClF5N3O7S/c1-12(25(29,30)31)41-13-2-3-17(16(26)6-13)42(39,40)14-7-15(19(35)34-5-4-23(27,28)11-34)24(8-14,21(37)38)18-9-22(18,10-32)20(33)36/h2-3,6,12,14-15,18H,4-5,7-9,11H2,1H3,(H2,33,36)(H,37,38)/t12-,14+,15-,18?,22?,24-/m0/s1. The van der Waals surface area contributed by atoms with Crippen LogP contribution in [0.3, 0.4) is 0 Å². The third-order valence-electron chi connectivity index (χ3n) is 8.51. The molecule has 2 unspecified atom stereocenters. The van der Waals surface area contributed by atoms with Crippen LogP contribution in [0.1, 0.15) is 32.6 Å². The summed E-state index contributed by atoms with van der Waals surface area (Å²) in [6, 6.07) is 4.30. The molecule has 2 saturated carbocycles. The van der Waals surface area contributed by atoms with Crippen molar-refractivity contribution >= 4 is 39.2 Å². The van der Waals surface area contributed by atoms with Crippen molar-refractivity contribution in [2.24, 2.45) is 28.4 Å². The quantitative estimate of drug-likeness (QED) is 0.408. The van der Waals surface area contributed by atoms with Gasteiger partial charge in [-0.15, -0.1) is 0 Å². The number of aliphatic carboxylic acids is 1. The highest BCUT2D eigenvalue weighted by atomic mass is 35.5. The molecule has 0 spiro atoms. The zero-order chi connectivity index (χ0) is 31.6. The Morgan fingerprint density at radius 3 is 2.36 bits per heavy atom. The van der Waals surface area contributed by atoms with E-state index in [-0.39, 0.29) is 6.42 Å². The van der Waals surface area contributed by atoms with Crippen LogP contribution in [0.25, 0.3) is 0 Å². The number of benzene rings is 1. The summed E-state index contributed by atoms with van der Waals surface area (Å²) >= 11 is 6.12. The molecule has 230 valence electrons. The Bertz CT molecular complexity index is 1480. The van der Waals surface area contributed by atoms with Gasteiger partial charge in [0.25, 0.3) is 5.92 Å². The molecule has 1 saturated heterocycles. The van der Waals surface area contributed by atoms with Crippen molar-refractivity contribution in [3.63, 3.8) is 0 Å². The van der Waals surface area contributed by atoms with Crippen molar-refractivity contribution in [2.45, 2.75) is 61.0 Å². The molecular weight excluding hydrogens is 617 g/mol. The second-order valence-electron chi connectivity index (χ2n) is 11.0. The molecule has 42 heavy (non-hydrogen) atoms. The molecule has 1 aliphatic heterocycles. The number of hydrogen-bond donors (Lipinski definition) is 2. The number of nitriles is 1. The zero-order valence-electron chi connectivity index (χ0n) is 21.8. The van der Waals surface area contributed by atoms with Gasteiger partial charge in [0.05, 0.1) is 39.1 Å². The summed E-state index contributed by atoms with van der Waals surface area (Å²) in [7, 11) is -4.62. The number of nitrogens with two attached hydrogens (primary N) is 1. The maximum absolute atomic E-state index is 14.0. The number of carboxylic acids is 1. The van der Waals surface area contributed by atoms with Crippen LogP contribution in [-0.4, -0.2) is 72.8 Å². The number of alkyl halides is 5. The van der Waals surface area contributed by atoms with Gasteiger partial charge >= 0.3 is 12.1 Å². The molecule has 1 aromatic rings. The average molecular weight is 642 g/mol. The molecule has 2 aliphatic carbocycles. The number of rotatable bonds is 8. The number of amides is 2. The molecule has 1 heterocycles. The molecule has 2 amide bonds. The lowest BCUT2D eigenvalue weighted by atomic mass is 9.70. The largest absolute Gasteiger partial charge is 0.481 e. The van der Waals surface area contributed by atoms with E-state index in [0.717, 1.165) is 30.0 Å². The Balaban J connectivity index is 1.74. The van der Waals surface area contributed by atoms with Gasteiger partial charge in [-0.05, 0) is 38.3 Å². The predicted octanol–water partition coefficient (Wildman–Crippen LogP) is 3.18. The van der Waals surface area contributed by atoms with Crippen LogP contribution >= 0.6 is 11.6 Å². The number of carbonyl (C=O) groups is 3. The van der Waals surface area contributed by atoms with Crippen molar-refractivity contribution in [1.82, 2.24) is 4.90 Å². The highest BCUT2D eigenvalue weighted by Crippen LogP contribution is 2.68. The molecule has 6 atom stereocenters. The number of sulfone groups is 1. The Kier molecular flexibility index (Phi) is 7.72. The molecule has 0 radical (unpaired) electrons.